The zero-order valence-corrected chi connectivity index (χ0v) is 10.9. The van der Waals surface area contributed by atoms with E-state index in [9.17, 15) is 13.6 Å². The molecule has 3 nitrogen and oxygen atoms in total. The molecule has 1 unspecified atom stereocenters. The van der Waals surface area contributed by atoms with E-state index in [1.807, 2.05) is 0 Å². The number of benzene rings is 1. The maximum absolute atomic E-state index is 13.8. The maximum atomic E-state index is 13.8. The Labute approximate surface area is 111 Å². The predicted octanol–water partition coefficient (Wildman–Crippen LogP) is 2.15. The van der Waals surface area contributed by atoms with Crippen molar-refractivity contribution in [3.8, 4) is 0 Å². The normalized spacial score (nSPS) is 19.8. The Hall–Kier alpha value is -1.49. The standard InChI is InChI=1S/C14H18F2N2O/c1-9-5-6-11(15)12(13(9)16)14(19)18-10-4-2-3-7-17-8-10/h5-6,10,17H,2-4,7-8H2,1H3,(H,18,19). The highest BCUT2D eigenvalue weighted by Gasteiger charge is 2.22. The van der Waals surface area contributed by atoms with Gasteiger partial charge in [-0.2, -0.15) is 0 Å². The summed E-state index contributed by atoms with van der Waals surface area (Å²) in [5, 5.41) is 5.90. The second-order valence-electron chi connectivity index (χ2n) is 4.92. The average molecular weight is 268 g/mol. The Bertz CT molecular complexity index is 469. The van der Waals surface area contributed by atoms with Crippen molar-refractivity contribution in [1.82, 2.24) is 10.6 Å². The SMILES string of the molecule is Cc1ccc(F)c(C(=O)NC2CCCCNC2)c1F. The fourth-order valence-corrected chi connectivity index (χ4v) is 2.26. The van der Waals surface area contributed by atoms with Gasteiger partial charge < -0.3 is 10.6 Å². The Morgan fingerprint density at radius 1 is 1.37 bits per heavy atom. The first kappa shape index (κ1) is 13.9. The second-order valence-corrected chi connectivity index (χ2v) is 4.92. The summed E-state index contributed by atoms with van der Waals surface area (Å²) < 4.78 is 27.4. The highest BCUT2D eigenvalue weighted by molar-refractivity contribution is 5.95. The molecular formula is C14H18F2N2O. The van der Waals surface area contributed by atoms with Crippen LogP contribution in [0.2, 0.25) is 0 Å². The molecule has 19 heavy (non-hydrogen) atoms. The molecule has 0 bridgehead atoms. The van der Waals surface area contributed by atoms with Gasteiger partial charge in [-0.15, -0.1) is 0 Å². The highest BCUT2D eigenvalue weighted by atomic mass is 19.1. The minimum atomic E-state index is -0.817. The van der Waals surface area contributed by atoms with Crippen molar-refractivity contribution in [3.63, 3.8) is 0 Å². The molecule has 1 aromatic rings. The van der Waals surface area contributed by atoms with Gasteiger partial charge in [0.25, 0.3) is 5.91 Å². The lowest BCUT2D eigenvalue weighted by atomic mass is 10.1. The lowest BCUT2D eigenvalue weighted by molar-refractivity contribution is 0.0927. The highest BCUT2D eigenvalue weighted by Crippen LogP contribution is 2.16. The lowest BCUT2D eigenvalue weighted by Gasteiger charge is -2.17. The summed E-state index contributed by atoms with van der Waals surface area (Å²) in [4.78, 5) is 12.0. The largest absolute Gasteiger partial charge is 0.348 e. The number of carbonyl (C=O) groups excluding carboxylic acids is 1. The van der Waals surface area contributed by atoms with Gasteiger partial charge in [0, 0.05) is 12.6 Å². The molecular weight excluding hydrogens is 250 g/mol. The summed E-state index contributed by atoms with van der Waals surface area (Å²) in [6.07, 6.45) is 2.88. The number of aryl methyl sites for hydroxylation is 1. The summed E-state index contributed by atoms with van der Waals surface area (Å²) in [6, 6.07) is 2.38. The summed E-state index contributed by atoms with van der Waals surface area (Å²) in [5.74, 6) is -2.27. The number of hydrogen-bond donors (Lipinski definition) is 2. The molecule has 0 radical (unpaired) electrons. The predicted molar refractivity (Wildman–Crippen MR) is 69.1 cm³/mol. The van der Waals surface area contributed by atoms with E-state index < -0.39 is 23.1 Å². The summed E-state index contributed by atoms with van der Waals surface area (Å²) in [5.41, 5.74) is -0.213. The molecule has 1 aliphatic rings. The van der Waals surface area contributed by atoms with Crippen LogP contribution in [0, 0.1) is 18.6 Å². The topological polar surface area (TPSA) is 41.1 Å². The molecule has 0 aliphatic carbocycles. The molecule has 1 amide bonds. The van der Waals surface area contributed by atoms with Gasteiger partial charge in [-0.25, -0.2) is 8.78 Å². The lowest BCUT2D eigenvalue weighted by Crippen LogP contribution is -2.41. The number of hydrogen-bond acceptors (Lipinski definition) is 2. The Kier molecular flexibility index (Phi) is 4.47. The van der Waals surface area contributed by atoms with Crippen LogP contribution < -0.4 is 10.6 Å². The van der Waals surface area contributed by atoms with Crippen molar-refractivity contribution >= 4 is 5.91 Å². The quantitative estimate of drug-likeness (QED) is 0.863. The van der Waals surface area contributed by atoms with Gasteiger partial charge in [-0.1, -0.05) is 12.5 Å². The number of carbonyl (C=O) groups is 1. The summed E-state index contributed by atoms with van der Waals surface area (Å²) in [6.45, 7) is 3.07. The van der Waals surface area contributed by atoms with E-state index in [0.717, 1.165) is 31.9 Å². The van der Waals surface area contributed by atoms with E-state index >= 15 is 0 Å². The Morgan fingerprint density at radius 2 is 2.16 bits per heavy atom. The maximum Gasteiger partial charge on any atom is 0.257 e. The molecule has 0 aromatic heterocycles. The van der Waals surface area contributed by atoms with E-state index in [4.69, 9.17) is 0 Å². The third-order valence-electron chi connectivity index (χ3n) is 3.39. The Balaban J connectivity index is 2.13. The van der Waals surface area contributed by atoms with Crippen molar-refractivity contribution in [2.45, 2.75) is 32.2 Å². The van der Waals surface area contributed by atoms with Crippen molar-refractivity contribution < 1.29 is 13.6 Å². The number of rotatable bonds is 2. The molecule has 1 saturated heterocycles. The zero-order chi connectivity index (χ0) is 13.8. The van der Waals surface area contributed by atoms with Crippen molar-refractivity contribution in [3.05, 3.63) is 34.9 Å². The molecule has 104 valence electrons. The fraction of sp³-hybridized carbons (Fsp3) is 0.500. The van der Waals surface area contributed by atoms with Crippen molar-refractivity contribution in [2.75, 3.05) is 13.1 Å². The summed E-state index contributed by atoms with van der Waals surface area (Å²) in [7, 11) is 0. The van der Waals surface area contributed by atoms with Crippen LogP contribution in [0.1, 0.15) is 35.2 Å². The van der Waals surface area contributed by atoms with E-state index in [-0.39, 0.29) is 11.6 Å². The van der Waals surface area contributed by atoms with Crippen molar-refractivity contribution in [1.29, 1.82) is 0 Å². The molecule has 0 saturated carbocycles. The molecule has 1 atom stereocenters. The minimum Gasteiger partial charge on any atom is -0.348 e. The molecule has 2 rings (SSSR count). The van der Waals surface area contributed by atoms with Crippen molar-refractivity contribution in [2.24, 2.45) is 0 Å². The second kappa shape index (κ2) is 6.10. The van der Waals surface area contributed by atoms with Gasteiger partial charge in [0.1, 0.15) is 17.2 Å². The van der Waals surface area contributed by atoms with Gasteiger partial charge in [-0.3, -0.25) is 4.79 Å². The van der Waals surface area contributed by atoms with E-state index in [0.29, 0.717) is 6.54 Å². The third-order valence-corrected chi connectivity index (χ3v) is 3.39. The Morgan fingerprint density at radius 3 is 2.95 bits per heavy atom. The van der Waals surface area contributed by atoms with E-state index in [2.05, 4.69) is 10.6 Å². The van der Waals surface area contributed by atoms with Crippen LogP contribution in [0.5, 0.6) is 0 Å². The molecule has 1 aliphatic heterocycles. The fourth-order valence-electron chi connectivity index (χ4n) is 2.26. The van der Waals surface area contributed by atoms with Crippen LogP contribution in [-0.4, -0.2) is 25.0 Å². The van der Waals surface area contributed by atoms with Crippen LogP contribution in [0.3, 0.4) is 0 Å². The average Bonchev–Trinajstić information content (AvgIpc) is 2.63. The van der Waals surface area contributed by atoms with Crippen LogP contribution in [0.15, 0.2) is 12.1 Å². The van der Waals surface area contributed by atoms with Crippen LogP contribution in [0.25, 0.3) is 0 Å². The molecule has 0 spiro atoms. The third kappa shape index (κ3) is 3.29. The minimum absolute atomic E-state index is 0.0747. The first-order chi connectivity index (χ1) is 9.09. The van der Waals surface area contributed by atoms with Crippen LogP contribution in [0.4, 0.5) is 8.78 Å². The number of halogens is 2. The molecule has 1 fully saturated rings. The number of nitrogens with one attached hydrogen (secondary N) is 2. The van der Waals surface area contributed by atoms with Crippen LogP contribution in [-0.2, 0) is 0 Å². The molecule has 5 heteroatoms. The molecule has 1 aromatic carbocycles. The van der Waals surface area contributed by atoms with E-state index in [1.54, 1.807) is 0 Å². The zero-order valence-electron chi connectivity index (χ0n) is 10.9. The monoisotopic (exact) mass is 268 g/mol. The smallest absolute Gasteiger partial charge is 0.257 e. The summed E-state index contributed by atoms with van der Waals surface area (Å²) >= 11 is 0. The van der Waals surface area contributed by atoms with Gasteiger partial charge >= 0.3 is 0 Å². The first-order valence-electron chi connectivity index (χ1n) is 6.56. The molecule has 1 heterocycles. The van der Waals surface area contributed by atoms with Gasteiger partial charge in [-0.05, 0) is 37.9 Å². The molecule has 2 N–H and O–H groups in total. The van der Waals surface area contributed by atoms with Gasteiger partial charge in [0.05, 0.1) is 0 Å². The van der Waals surface area contributed by atoms with Crippen LogP contribution >= 0.6 is 0 Å². The first-order valence-corrected chi connectivity index (χ1v) is 6.56. The van der Waals surface area contributed by atoms with E-state index in [1.165, 1.54) is 13.0 Å². The number of amides is 1. The van der Waals surface area contributed by atoms with Gasteiger partial charge in [0.15, 0.2) is 0 Å². The van der Waals surface area contributed by atoms with Gasteiger partial charge in [0.2, 0.25) is 0 Å².